The summed E-state index contributed by atoms with van der Waals surface area (Å²) < 4.78 is 2.15. The SMILES string of the molecule is Cl.Cl.NC1CCCC(C(=O)NCc2ccc(Cn3cnc4ccccc43)cc2)C1. The monoisotopic (exact) mass is 434 g/mol. The first-order chi connectivity index (χ1) is 13.2. The standard InChI is InChI=1S/C22H26N4O.2ClH/c23-19-5-3-4-18(12-19)22(27)24-13-16-8-10-17(11-9-16)14-26-15-25-20-6-1-2-7-21(20)26;;/h1-2,6-11,15,18-19H,3-5,12-14,23H2,(H,24,27);2*1H. The minimum absolute atomic E-state index is 0. The maximum atomic E-state index is 12.3. The number of nitrogens with zero attached hydrogens (tertiary/aromatic N) is 2. The molecule has 1 heterocycles. The van der Waals surface area contributed by atoms with E-state index in [1.165, 1.54) is 5.56 Å². The fourth-order valence-electron chi connectivity index (χ4n) is 3.89. The topological polar surface area (TPSA) is 72.9 Å². The molecule has 3 aromatic rings. The summed E-state index contributed by atoms with van der Waals surface area (Å²) in [5, 5.41) is 3.07. The van der Waals surface area contributed by atoms with Crippen molar-refractivity contribution in [2.75, 3.05) is 0 Å². The normalized spacial score (nSPS) is 18.5. The van der Waals surface area contributed by atoms with E-state index in [1.807, 2.05) is 24.5 Å². The van der Waals surface area contributed by atoms with Crippen LogP contribution in [0.4, 0.5) is 0 Å². The van der Waals surface area contributed by atoms with Crippen LogP contribution in [0.1, 0.15) is 36.8 Å². The fraction of sp³-hybridized carbons (Fsp3) is 0.364. The highest BCUT2D eigenvalue weighted by Crippen LogP contribution is 2.23. The number of amides is 1. The zero-order chi connectivity index (χ0) is 18.6. The highest BCUT2D eigenvalue weighted by molar-refractivity contribution is 5.85. The molecular weight excluding hydrogens is 407 g/mol. The average molecular weight is 435 g/mol. The second kappa shape index (κ2) is 10.6. The predicted octanol–water partition coefficient (Wildman–Crippen LogP) is 4.06. The lowest BCUT2D eigenvalue weighted by molar-refractivity contribution is -0.126. The van der Waals surface area contributed by atoms with Gasteiger partial charge in [-0.2, -0.15) is 0 Å². The van der Waals surface area contributed by atoms with Crippen LogP contribution in [0.15, 0.2) is 54.9 Å². The van der Waals surface area contributed by atoms with Crippen molar-refractivity contribution in [2.45, 2.75) is 44.8 Å². The molecule has 0 radical (unpaired) electrons. The summed E-state index contributed by atoms with van der Waals surface area (Å²) in [7, 11) is 0. The first-order valence-corrected chi connectivity index (χ1v) is 9.70. The Morgan fingerprint density at radius 3 is 2.55 bits per heavy atom. The third-order valence-electron chi connectivity index (χ3n) is 5.46. The van der Waals surface area contributed by atoms with Gasteiger partial charge in [0.05, 0.1) is 17.4 Å². The smallest absolute Gasteiger partial charge is 0.223 e. The van der Waals surface area contributed by atoms with Crippen LogP contribution in [0.2, 0.25) is 0 Å². The summed E-state index contributed by atoms with van der Waals surface area (Å²) >= 11 is 0. The zero-order valence-corrected chi connectivity index (χ0v) is 17.9. The summed E-state index contributed by atoms with van der Waals surface area (Å²) in [6, 6.07) is 16.7. The number of nitrogens with two attached hydrogens (primary N) is 1. The van der Waals surface area contributed by atoms with Gasteiger partial charge in [0, 0.05) is 25.0 Å². The van der Waals surface area contributed by atoms with E-state index in [-0.39, 0.29) is 42.7 Å². The number of halogens is 2. The quantitative estimate of drug-likeness (QED) is 0.635. The van der Waals surface area contributed by atoms with Gasteiger partial charge in [-0.25, -0.2) is 4.98 Å². The molecule has 156 valence electrons. The lowest BCUT2D eigenvalue weighted by Gasteiger charge is -2.25. The van der Waals surface area contributed by atoms with Crippen LogP contribution in [0.5, 0.6) is 0 Å². The molecule has 29 heavy (non-hydrogen) atoms. The third-order valence-corrected chi connectivity index (χ3v) is 5.46. The summed E-state index contributed by atoms with van der Waals surface area (Å²) in [6.07, 6.45) is 5.74. The summed E-state index contributed by atoms with van der Waals surface area (Å²) in [5.74, 6) is 0.210. The molecule has 1 aromatic heterocycles. The predicted molar refractivity (Wildman–Crippen MR) is 122 cm³/mol. The van der Waals surface area contributed by atoms with Gasteiger partial charge in [-0.1, -0.05) is 42.8 Å². The first-order valence-electron chi connectivity index (χ1n) is 9.70. The van der Waals surface area contributed by atoms with Crippen molar-refractivity contribution < 1.29 is 4.79 Å². The fourth-order valence-corrected chi connectivity index (χ4v) is 3.89. The molecule has 1 aliphatic rings. The van der Waals surface area contributed by atoms with E-state index < -0.39 is 0 Å². The summed E-state index contributed by atoms with van der Waals surface area (Å²) in [6.45, 7) is 1.35. The zero-order valence-electron chi connectivity index (χ0n) is 16.3. The molecule has 0 saturated heterocycles. The lowest BCUT2D eigenvalue weighted by atomic mass is 9.85. The Bertz CT molecular complexity index is 926. The van der Waals surface area contributed by atoms with Gasteiger partial charge >= 0.3 is 0 Å². The highest BCUT2D eigenvalue weighted by Gasteiger charge is 2.24. The molecule has 7 heteroatoms. The number of carbonyl (C=O) groups is 1. The molecular formula is C22H28Cl2N4O. The van der Waals surface area contributed by atoms with Crippen LogP contribution in [0.25, 0.3) is 11.0 Å². The van der Waals surface area contributed by atoms with Gasteiger partial charge < -0.3 is 15.6 Å². The Labute approximate surface area is 183 Å². The Morgan fingerprint density at radius 1 is 1.07 bits per heavy atom. The van der Waals surface area contributed by atoms with Crippen molar-refractivity contribution in [3.8, 4) is 0 Å². The van der Waals surface area contributed by atoms with E-state index in [0.717, 1.165) is 48.8 Å². The Hall–Kier alpha value is -2.08. The number of hydrogen-bond acceptors (Lipinski definition) is 3. The summed E-state index contributed by atoms with van der Waals surface area (Å²) in [4.78, 5) is 16.8. The minimum Gasteiger partial charge on any atom is -0.352 e. The van der Waals surface area contributed by atoms with Gasteiger partial charge in [0.2, 0.25) is 5.91 Å². The van der Waals surface area contributed by atoms with Gasteiger partial charge in [-0.3, -0.25) is 4.79 Å². The lowest BCUT2D eigenvalue weighted by Crippen LogP contribution is -2.37. The van der Waals surface area contributed by atoms with Crippen LogP contribution in [-0.4, -0.2) is 21.5 Å². The molecule has 3 N–H and O–H groups in total. The minimum atomic E-state index is 0. The van der Waals surface area contributed by atoms with Crippen molar-refractivity contribution in [3.05, 3.63) is 66.0 Å². The number of imidazole rings is 1. The Balaban J connectivity index is 0.00000150. The van der Waals surface area contributed by atoms with Crippen LogP contribution in [0.3, 0.4) is 0 Å². The molecule has 5 nitrogen and oxygen atoms in total. The molecule has 1 fully saturated rings. The van der Waals surface area contributed by atoms with Crippen molar-refractivity contribution >= 4 is 41.8 Å². The van der Waals surface area contributed by atoms with Crippen LogP contribution in [0, 0.1) is 5.92 Å². The van der Waals surface area contributed by atoms with Gasteiger partial charge in [-0.15, -0.1) is 24.8 Å². The molecule has 1 saturated carbocycles. The number of aromatic nitrogens is 2. The molecule has 1 amide bonds. The van der Waals surface area contributed by atoms with Crippen LogP contribution in [-0.2, 0) is 17.9 Å². The van der Waals surface area contributed by atoms with Crippen LogP contribution >= 0.6 is 24.8 Å². The summed E-state index contributed by atoms with van der Waals surface area (Å²) in [5.41, 5.74) is 10.5. The molecule has 2 aromatic carbocycles. The van der Waals surface area contributed by atoms with Gasteiger partial charge in [0.15, 0.2) is 0 Å². The van der Waals surface area contributed by atoms with E-state index in [4.69, 9.17) is 5.73 Å². The second-order valence-electron chi connectivity index (χ2n) is 7.52. The average Bonchev–Trinajstić information content (AvgIpc) is 3.10. The highest BCUT2D eigenvalue weighted by atomic mass is 35.5. The van der Waals surface area contributed by atoms with Crippen LogP contribution < -0.4 is 11.1 Å². The van der Waals surface area contributed by atoms with Crippen molar-refractivity contribution in [2.24, 2.45) is 11.7 Å². The number of rotatable bonds is 5. The van der Waals surface area contributed by atoms with E-state index in [0.29, 0.717) is 6.54 Å². The molecule has 4 rings (SSSR count). The number of carbonyl (C=O) groups excluding carboxylic acids is 1. The Morgan fingerprint density at radius 2 is 1.79 bits per heavy atom. The number of nitrogens with one attached hydrogen (secondary N) is 1. The van der Waals surface area contributed by atoms with E-state index in [1.54, 1.807) is 0 Å². The number of fused-ring (bicyclic) bond motifs is 1. The number of hydrogen-bond donors (Lipinski definition) is 2. The number of benzene rings is 2. The largest absolute Gasteiger partial charge is 0.352 e. The van der Waals surface area contributed by atoms with Gasteiger partial charge in [-0.05, 0) is 42.5 Å². The molecule has 1 aliphatic carbocycles. The van der Waals surface area contributed by atoms with Crippen molar-refractivity contribution in [3.63, 3.8) is 0 Å². The molecule has 0 aliphatic heterocycles. The molecule has 0 bridgehead atoms. The molecule has 2 atom stereocenters. The third kappa shape index (κ3) is 5.72. The first kappa shape index (κ1) is 23.2. The van der Waals surface area contributed by atoms with E-state index in [9.17, 15) is 4.79 Å². The number of para-hydroxylation sites is 2. The molecule has 0 spiro atoms. The van der Waals surface area contributed by atoms with E-state index in [2.05, 4.69) is 45.2 Å². The maximum Gasteiger partial charge on any atom is 0.223 e. The second-order valence-corrected chi connectivity index (χ2v) is 7.52. The van der Waals surface area contributed by atoms with Gasteiger partial charge in [0.1, 0.15) is 0 Å². The van der Waals surface area contributed by atoms with Crippen molar-refractivity contribution in [1.82, 2.24) is 14.9 Å². The van der Waals surface area contributed by atoms with Crippen molar-refractivity contribution in [1.29, 1.82) is 0 Å². The molecule has 2 unspecified atom stereocenters. The Kier molecular flexibility index (Phi) is 8.50. The van der Waals surface area contributed by atoms with Gasteiger partial charge in [0.25, 0.3) is 0 Å². The van der Waals surface area contributed by atoms with E-state index >= 15 is 0 Å². The maximum absolute atomic E-state index is 12.3.